The van der Waals surface area contributed by atoms with Crippen LogP contribution in [0.4, 0.5) is 10.9 Å². The van der Waals surface area contributed by atoms with Crippen molar-refractivity contribution < 1.29 is 8.42 Å². The number of benzene rings is 1. The predicted molar refractivity (Wildman–Crippen MR) is 82.1 cm³/mol. The standard InChI is InChI=1S/C12H8ClN5O2S2/c13-8-1-3-9(4-2-8)22(19,20)11-6-14-10(5-15-11)17-12-18-16-7-21-12/h1-7H,(H,14,17,18). The lowest BCUT2D eigenvalue weighted by atomic mass is 10.4. The average molecular weight is 354 g/mol. The van der Waals surface area contributed by atoms with Gasteiger partial charge in [-0.1, -0.05) is 22.9 Å². The van der Waals surface area contributed by atoms with Crippen molar-refractivity contribution in [1.29, 1.82) is 0 Å². The number of nitrogens with zero attached hydrogens (tertiary/aromatic N) is 4. The average Bonchev–Trinajstić information content (AvgIpc) is 3.01. The summed E-state index contributed by atoms with van der Waals surface area (Å²) in [5.41, 5.74) is 1.56. The fraction of sp³-hybridized carbons (Fsp3) is 0. The molecule has 0 saturated heterocycles. The molecule has 22 heavy (non-hydrogen) atoms. The molecule has 0 bridgehead atoms. The van der Waals surface area contributed by atoms with Crippen molar-refractivity contribution in [2.45, 2.75) is 9.92 Å². The Hall–Kier alpha value is -2.10. The lowest BCUT2D eigenvalue weighted by molar-refractivity contribution is 0.592. The lowest BCUT2D eigenvalue weighted by Crippen LogP contribution is -2.06. The largest absolute Gasteiger partial charge is 0.313 e. The van der Waals surface area contributed by atoms with Crippen LogP contribution in [0.5, 0.6) is 0 Å². The van der Waals surface area contributed by atoms with Crippen LogP contribution in [-0.4, -0.2) is 28.6 Å². The monoisotopic (exact) mass is 353 g/mol. The normalized spacial score (nSPS) is 11.3. The number of aromatic nitrogens is 4. The summed E-state index contributed by atoms with van der Waals surface area (Å²) in [6, 6.07) is 5.86. The zero-order chi connectivity index (χ0) is 15.6. The van der Waals surface area contributed by atoms with Crippen LogP contribution in [0.15, 0.2) is 52.1 Å². The Morgan fingerprint density at radius 3 is 2.45 bits per heavy atom. The predicted octanol–water partition coefficient (Wildman–Crippen LogP) is 2.56. The van der Waals surface area contributed by atoms with Gasteiger partial charge < -0.3 is 5.32 Å². The molecule has 2 aromatic heterocycles. The molecule has 1 aromatic carbocycles. The third kappa shape index (κ3) is 3.06. The van der Waals surface area contributed by atoms with Gasteiger partial charge in [-0.25, -0.2) is 18.4 Å². The number of nitrogens with one attached hydrogen (secondary N) is 1. The minimum Gasteiger partial charge on any atom is -0.313 e. The van der Waals surface area contributed by atoms with Gasteiger partial charge in [0.15, 0.2) is 10.8 Å². The molecule has 0 amide bonds. The molecular formula is C12H8ClN5O2S2. The van der Waals surface area contributed by atoms with Crippen LogP contribution in [0, 0.1) is 0 Å². The third-order valence-corrected chi connectivity index (χ3v) is 5.14. The molecule has 7 nitrogen and oxygen atoms in total. The number of halogens is 1. The van der Waals surface area contributed by atoms with Gasteiger partial charge in [0.25, 0.3) is 0 Å². The molecule has 3 aromatic rings. The molecule has 0 aliphatic carbocycles. The first kappa shape index (κ1) is 14.8. The molecule has 3 rings (SSSR count). The number of anilines is 2. The maximum Gasteiger partial charge on any atom is 0.225 e. The number of sulfone groups is 1. The zero-order valence-corrected chi connectivity index (χ0v) is 13.2. The first-order valence-electron chi connectivity index (χ1n) is 5.91. The van der Waals surface area contributed by atoms with Crippen LogP contribution in [0.3, 0.4) is 0 Å². The summed E-state index contributed by atoms with van der Waals surface area (Å²) in [6.45, 7) is 0. The van der Waals surface area contributed by atoms with E-state index in [9.17, 15) is 8.42 Å². The summed E-state index contributed by atoms with van der Waals surface area (Å²) in [6.07, 6.45) is 2.51. The van der Waals surface area contributed by atoms with E-state index < -0.39 is 9.84 Å². The van der Waals surface area contributed by atoms with Gasteiger partial charge in [0.05, 0.1) is 17.3 Å². The number of rotatable bonds is 4. The Bertz CT molecular complexity index is 865. The molecule has 0 radical (unpaired) electrons. The van der Waals surface area contributed by atoms with Gasteiger partial charge in [-0.15, -0.1) is 10.2 Å². The Kier molecular flexibility index (Phi) is 4.01. The van der Waals surface area contributed by atoms with E-state index in [1.54, 1.807) is 5.51 Å². The summed E-state index contributed by atoms with van der Waals surface area (Å²) in [4.78, 5) is 8.07. The highest BCUT2D eigenvalue weighted by Crippen LogP contribution is 2.21. The van der Waals surface area contributed by atoms with Crippen LogP contribution in [-0.2, 0) is 9.84 Å². The van der Waals surface area contributed by atoms with Crippen LogP contribution in [0.1, 0.15) is 0 Å². The van der Waals surface area contributed by atoms with Gasteiger partial charge in [-0.3, -0.25) is 0 Å². The van der Waals surface area contributed by atoms with E-state index in [0.717, 1.165) is 0 Å². The maximum absolute atomic E-state index is 12.4. The van der Waals surface area contributed by atoms with Gasteiger partial charge in [-0.2, -0.15) is 0 Å². The summed E-state index contributed by atoms with van der Waals surface area (Å²) in [7, 11) is -3.72. The van der Waals surface area contributed by atoms with E-state index in [1.165, 1.54) is 48.0 Å². The van der Waals surface area contributed by atoms with Crippen molar-refractivity contribution >= 4 is 43.7 Å². The molecule has 10 heteroatoms. The van der Waals surface area contributed by atoms with E-state index in [4.69, 9.17) is 11.6 Å². The van der Waals surface area contributed by atoms with Crippen LogP contribution >= 0.6 is 22.9 Å². The van der Waals surface area contributed by atoms with Crippen molar-refractivity contribution in [3.05, 3.63) is 47.2 Å². The summed E-state index contributed by atoms with van der Waals surface area (Å²) < 4.78 is 24.8. The van der Waals surface area contributed by atoms with Gasteiger partial charge in [0, 0.05) is 5.02 Å². The molecule has 0 unspecified atom stereocenters. The molecule has 0 spiro atoms. The molecule has 2 heterocycles. The Morgan fingerprint density at radius 2 is 1.86 bits per heavy atom. The molecular weight excluding hydrogens is 346 g/mol. The highest BCUT2D eigenvalue weighted by molar-refractivity contribution is 7.91. The van der Waals surface area contributed by atoms with E-state index >= 15 is 0 Å². The SMILES string of the molecule is O=S(=O)(c1ccc(Cl)cc1)c1cnc(Nc2nncs2)cn1. The quantitative estimate of drug-likeness (QED) is 0.769. The molecule has 0 aliphatic rings. The molecule has 0 aliphatic heterocycles. The second-order valence-corrected chi connectivity index (χ2v) is 7.23. The third-order valence-electron chi connectivity index (χ3n) is 2.62. The van der Waals surface area contributed by atoms with Crippen LogP contribution in [0.2, 0.25) is 5.02 Å². The molecule has 0 atom stereocenters. The Morgan fingerprint density at radius 1 is 1.09 bits per heavy atom. The van der Waals surface area contributed by atoms with E-state index in [-0.39, 0.29) is 9.92 Å². The summed E-state index contributed by atoms with van der Waals surface area (Å²) in [5, 5.41) is 11.2. The first-order valence-corrected chi connectivity index (χ1v) is 8.66. The van der Waals surface area contributed by atoms with Crippen molar-refractivity contribution in [1.82, 2.24) is 20.2 Å². The lowest BCUT2D eigenvalue weighted by Gasteiger charge is -2.05. The van der Waals surface area contributed by atoms with Crippen molar-refractivity contribution in [2.75, 3.05) is 5.32 Å². The molecule has 0 fully saturated rings. The van der Waals surface area contributed by atoms with E-state index in [0.29, 0.717) is 16.0 Å². The second-order valence-electron chi connectivity index (χ2n) is 4.07. The topological polar surface area (TPSA) is 97.7 Å². The van der Waals surface area contributed by atoms with Gasteiger partial charge in [-0.05, 0) is 24.3 Å². The summed E-state index contributed by atoms with van der Waals surface area (Å²) >= 11 is 7.05. The van der Waals surface area contributed by atoms with Crippen LogP contribution < -0.4 is 5.32 Å². The van der Waals surface area contributed by atoms with E-state index in [1.807, 2.05) is 0 Å². The molecule has 112 valence electrons. The van der Waals surface area contributed by atoms with Gasteiger partial charge >= 0.3 is 0 Å². The Balaban J connectivity index is 1.87. The Labute approximate surface area is 135 Å². The number of hydrogen-bond donors (Lipinski definition) is 1. The highest BCUT2D eigenvalue weighted by Gasteiger charge is 2.19. The van der Waals surface area contributed by atoms with Crippen LogP contribution in [0.25, 0.3) is 0 Å². The zero-order valence-electron chi connectivity index (χ0n) is 10.8. The fourth-order valence-corrected chi connectivity index (χ4v) is 3.29. The van der Waals surface area contributed by atoms with Crippen molar-refractivity contribution in [3.63, 3.8) is 0 Å². The van der Waals surface area contributed by atoms with Crippen molar-refractivity contribution in [3.8, 4) is 0 Å². The van der Waals surface area contributed by atoms with Crippen molar-refractivity contribution in [2.24, 2.45) is 0 Å². The minimum absolute atomic E-state index is 0.107. The molecule has 1 N–H and O–H groups in total. The highest BCUT2D eigenvalue weighted by atomic mass is 35.5. The minimum atomic E-state index is -3.72. The second kappa shape index (κ2) is 5.95. The van der Waals surface area contributed by atoms with Gasteiger partial charge in [0.2, 0.25) is 15.0 Å². The first-order chi connectivity index (χ1) is 10.6. The van der Waals surface area contributed by atoms with E-state index in [2.05, 4.69) is 25.5 Å². The smallest absolute Gasteiger partial charge is 0.225 e. The fourth-order valence-electron chi connectivity index (χ4n) is 1.59. The van der Waals surface area contributed by atoms with Gasteiger partial charge in [0.1, 0.15) is 5.51 Å². The maximum atomic E-state index is 12.4. The summed E-state index contributed by atoms with van der Waals surface area (Å²) in [5.74, 6) is 0.381. The molecule has 0 saturated carbocycles. The number of hydrogen-bond acceptors (Lipinski definition) is 8.